The van der Waals surface area contributed by atoms with Crippen molar-refractivity contribution in [1.29, 1.82) is 0 Å². The van der Waals surface area contributed by atoms with E-state index < -0.39 is 16.5 Å². The molecule has 20 heavy (non-hydrogen) atoms. The summed E-state index contributed by atoms with van der Waals surface area (Å²) in [6.45, 7) is 4.92. The van der Waals surface area contributed by atoms with Gasteiger partial charge in [-0.25, -0.2) is 0 Å². The van der Waals surface area contributed by atoms with Crippen LogP contribution in [0, 0.1) is 10.1 Å². The van der Waals surface area contributed by atoms with Gasteiger partial charge < -0.3 is 9.64 Å². The molecular weight excluding hydrogens is 264 g/mol. The smallest absolute Gasteiger partial charge is 0.326 e. The Kier molecular flexibility index (Phi) is 4.79. The van der Waals surface area contributed by atoms with Gasteiger partial charge in [-0.3, -0.25) is 19.7 Å². The number of amides is 1. The largest absolute Gasteiger partial charge is 0.459 e. The summed E-state index contributed by atoms with van der Waals surface area (Å²) in [4.78, 5) is 33.8. The summed E-state index contributed by atoms with van der Waals surface area (Å²) in [5.41, 5.74) is -0.338. The van der Waals surface area contributed by atoms with Crippen molar-refractivity contribution in [2.24, 2.45) is 0 Å². The summed E-state index contributed by atoms with van der Waals surface area (Å²) >= 11 is 0. The molecule has 0 aromatic heterocycles. The zero-order valence-electron chi connectivity index (χ0n) is 11.5. The van der Waals surface area contributed by atoms with Gasteiger partial charge in [-0.2, -0.15) is 0 Å². The summed E-state index contributed by atoms with van der Waals surface area (Å²) < 4.78 is 5.11. The van der Waals surface area contributed by atoms with Gasteiger partial charge in [0.1, 0.15) is 12.1 Å². The van der Waals surface area contributed by atoms with E-state index in [4.69, 9.17) is 4.74 Å². The maximum Gasteiger partial charge on any atom is 0.326 e. The third-order valence-corrected chi connectivity index (χ3v) is 2.24. The first-order chi connectivity index (χ1) is 9.23. The molecule has 1 rings (SSSR count). The Hall–Kier alpha value is -2.44. The SMILES string of the molecule is CC(C)(C)OC(=O)CN(C=O)c1ccc([N+](=O)[O-])cc1. The van der Waals surface area contributed by atoms with E-state index in [1.165, 1.54) is 24.3 Å². The molecule has 0 aliphatic heterocycles. The minimum absolute atomic E-state index is 0.0862. The molecule has 108 valence electrons. The number of hydrogen-bond acceptors (Lipinski definition) is 5. The van der Waals surface area contributed by atoms with Crippen molar-refractivity contribution in [1.82, 2.24) is 0 Å². The van der Waals surface area contributed by atoms with Crippen LogP contribution >= 0.6 is 0 Å². The van der Waals surface area contributed by atoms with E-state index in [-0.39, 0.29) is 12.2 Å². The fourth-order valence-electron chi connectivity index (χ4n) is 1.47. The summed E-state index contributed by atoms with van der Waals surface area (Å²) in [5.74, 6) is -0.553. The standard InChI is InChI=1S/C13H16N2O5/c1-13(2,3)20-12(17)8-14(9-16)10-4-6-11(7-5-10)15(18)19/h4-7,9H,8H2,1-3H3. The van der Waals surface area contributed by atoms with Crippen LogP contribution in [0.1, 0.15) is 20.8 Å². The molecule has 0 radical (unpaired) electrons. The lowest BCUT2D eigenvalue weighted by Crippen LogP contribution is -2.34. The first-order valence-corrected chi connectivity index (χ1v) is 5.91. The van der Waals surface area contributed by atoms with E-state index in [0.29, 0.717) is 12.1 Å². The highest BCUT2D eigenvalue weighted by Gasteiger charge is 2.19. The number of nitrogens with zero attached hydrogens (tertiary/aromatic N) is 2. The lowest BCUT2D eigenvalue weighted by molar-refractivity contribution is -0.384. The highest BCUT2D eigenvalue weighted by atomic mass is 16.6. The first-order valence-electron chi connectivity index (χ1n) is 5.91. The van der Waals surface area contributed by atoms with Crippen LogP contribution in [0.5, 0.6) is 0 Å². The second kappa shape index (κ2) is 6.14. The van der Waals surface area contributed by atoms with Gasteiger partial charge in [-0.15, -0.1) is 0 Å². The van der Waals surface area contributed by atoms with Gasteiger partial charge in [0.05, 0.1) is 4.92 Å². The average molecular weight is 280 g/mol. The van der Waals surface area contributed by atoms with Crippen molar-refractivity contribution in [3.63, 3.8) is 0 Å². The third kappa shape index (κ3) is 4.68. The quantitative estimate of drug-likeness (QED) is 0.355. The van der Waals surface area contributed by atoms with E-state index in [0.717, 1.165) is 4.90 Å². The molecule has 1 amide bonds. The lowest BCUT2D eigenvalue weighted by atomic mass is 10.2. The molecule has 0 bridgehead atoms. The van der Waals surface area contributed by atoms with Gasteiger partial charge in [0.25, 0.3) is 5.69 Å². The van der Waals surface area contributed by atoms with Crippen molar-refractivity contribution >= 4 is 23.8 Å². The fourth-order valence-corrected chi connectivity index (χ4v) is 1.47. The predicted octanol–water partition coefficient (Wildman–Crippen LogP) is 1.90. The molecule has 0 atom stereocenters. The van der Waals surface area contributed by atoms with E-state index in [9.17, 15) is 19.7 Å². The third-order valence-electron chi connectivity index (χ3n) is 2.24. The first kappa shape index (κ1) is 15.6. The van der Waals surface area contributed by atoms with Crippen molar-refractivity contribution in [3.8, 4) is 0 Å². The Bertz CT molecular complexity index is 504. The predicted molar refractivity (Wildman–Crippen MR) is 72.4 cm³/mol. The van der Waals surface area contributed by atoms with Crippen molar-refractivity contribution in [2.45, 2.75) is 26.4 Å². The van der Waals surface area contributed by atoms with Gasteiger partial charge in [-0.1, -0.05) is 0 Å². The minimum atomic E-state index is -0.638. The molecule has 0 aliphatic rings. The van der Waals surface area contributed by atoms with E-state index in [2.05, 4.69) is 0 Å². The molecule has 1 aromatic rings. The van der Waals surface area contributed by atoms with Gasteiger partial charge >= 0.3 is 5.97 Å². The van der Waals surface area contributed by atoms with Crippen LogP contribution < -0.4 is 4.90 Å². The van der Waals surface area contributed by atoms with Crippen molar-refractivity contribution in [2.75, 3.05) is 11.4 Å². The van der Waals surface area contributed by atoms with E-state index in [1.807, 2.05) is 0 Å². The molecule has 0 spiro atoms. The van der Waals surface area contributed by atoms with Crippen LogP contribution in [-0.2, 0) is 14.3 Å². The molecule has 0 saturated carbocycles. The maximum absolute atomic E-state index is 11.6. The van der Waals surface area contributed by atoms with Crippen LogP contribution in [0.4, 0.5) is 11.4 Å². The monoisotopic (exact) mass is 280 g/mol. The maximum atomic E-state index is 11.6. The Morgan fingerprint density at radius 2 is 1.90 bits per heavy atom. The van der Waals surface area contributed by atoms with Crippen LogP contribution in [0.15, 0.2) is 24.3 Å². The summed E-state index contributed by atoms with van der Waals surface area (Å²) in [7, 11) is 0. The molecule has 7 nitrogen and oxygen atoms in total. The Morgan fingerprint density at radius 1 is 1.35 bits per heavy atom. The number of hydrogen-bond donors (Lipinski definition) is 0. The van der Waals surface area contributed by atoms with Crippen molar-refractivity contribution in [3.05, 3.63) is 34.4 Å². The normalized spacial score (nSPS) is 10.8. The molecular formula is C13H16N2O5. The lowest BCUT2D eigenvalue weighted by Gasteiger charge is -2.22. The van der Waals surface area contributed by atoms with Crippen LogP contribution in [0.25, 0.3) is 0 Å². The van der Waals surface area contributed by atoms with Gasteiger partial charge in [0.15, 0.2) is 0 Å². The number of rotatable bonds is 5. The van der Waals surface area contributed by atoms with E-state index in [1.54, 1.807) is 20.8 Å². The topological polar surface area (TPSA) is 89.8 Å². The second-order valence-electron chi connectivity index (χ2n) is 5.09. The number of ether oxygens (including phenoxy) is 1. The number of anilines is 1. The summed E-state index contributed by atoms with van der Waals surface area (Å²) in [5, 5.41) is 10.5. The summed E-state index contributed by atoms with van der Waals surface area (Å²) in [6, 6.07) is 5.33. The zero-order chi connectivity index (χ0) is 15.3. The molecule has 1 aromatic carbocycles. The molecule has 0 fully saturated rings. The van der Waals surface area contributed by atoms with E-state index >= 15 is 0 Å². The molecule has 0 N–H and O–H groups in total. The Morgan fingerprint density at radius 3 is 2.30 bits per heavy atom. The van der Waals surface area contributed by atoms with Crippen LogP contribution in [0.2, 0.25) is 0 Å². The number of carbonyl (C=O) groups is 2. The number of nitro benzene ring substituents is 1. The number of esters is 1. The van der Waals surface area contributed by atoms with Crippen molar-refractivity contribution < 1.29 is 19.2 Å². The van der Waals surface area contributed by atoms with Gasteiger partial charge in [0.2, 0.25) is 6.41 Å². The van der Waals surface area contributed by atoms with Gasteiger partial charge in [-0.05, 0) is 32.9 Å². The fraction of sp³-hybridized carbons (Fsp3) is 0.385. The number of non-ortho nitro benzene ring substituents is 1. The Balaban J connectivity index is 2.78. The molecule has 0 aliphatic carbocycles. The highest BCUT2D eigenvalue weighted by Crippen LogP contribution is 2.18. The number of nitro groups is 1. The van der Waals surface area contributed by atoms with Crippen LogP contribution in [0.3, 0.4) is 0 Å². The minimum Gasteiger partial charge on any atom is -0.459 e. The molecule has 0 unspecified atom stereocenters. The molecule has 0 heterocycles. The molecule has 0 saturated heterocycles. The zero-order valence-corrected chi connectivity index (χ0v) is 11.5. The van der Waals surface area contributed by atoms with Crippen LogP contribution in [-0.4, -0.2) is 29.4 Å². The summed E-state index contributed by atoms with van der Waals surface area (Å²) in [6.07, 6.45) is 0.477. The van der Waals surface area contributed by atoms with Gasteiger partial charge in [0, 0.05) is 17.8 Å². The average Bonchev–Trinajstić information content (AvgIpc) is 2.34. The molecule has 7 heteroatoms. The number of carbonyl (C=O) groups excluding carboxylic acids is 2. The number of benzene rings is 1. The highest BCUT2D eigenvalue weighted by molar-refractivity contribution is 5.86. The second-order valence-corrected chi connectivity index (χ2v) is 5.09. The Labute approximate surface area is 116 Å².